The Morgan fingerprint density at radius 3 is 1.80 bits per heavy atom. The molecule has 0 spiro atoms. The topological polar surface area (TPSA) is 43.1 Å². The summed E-state index contributed by atoms with van der Waals surface area (Å²) in [6, 6.07) is 0. The molecule has 0 aromatic carbocycles. The third kappa shape index (κ3) is 10.3. The Morgan fingerprint density at radius 1 is 0.800 bits per heavy atom. The van der Waals surface area contributed by atoms with Gasteiger partial charge >= 0.3 is 0 Å². The number of nitrogens with two attached hydrogens (primary N) is 1. The summed E-state index contributed by atoms with van der Waals surface area (Å²) >= 11 is 0. The normalized spacial score (nSPS) is 14.2. The zero-order chi connectivity index (χ0) is 15.2. The van der Waals surface area contributed by atoms with Crippen LogP contribution in [0.3, 0.4) is 0 Å². The van der Waals surface area contributed by atoms with Crippen molar-refractivity contribution in [3.63, 3.8) is 0 Å². The van der Waals surface area contributed by atoms with Gasteiger partial charge in [-0.3, -0.25) is 4.79 Å². The number of hydrogen-bond donors (Lipinski definition) is 1. The number of carbonyl (C=O) groups excluding carboxylic acids is 1. The maximum Gasteiger partial charge on any atom is 0.220 e. The fourth-order valence-electron chi connectivity index (χ4n) is 2.94. The number of carbonyl (C=O) groups is 1. The standard InChI is InChI=1S/C18H37NO/c1-4-7-9-14-17(18(19)20)15-11-10-13-16(6-3)12-8-5-2/h16-17H,4-15H2,1-3H3,(H2,19,20)/t16-,17-/m1/s1. The molecule has 0 radical (unpaired) electrons. The van der Waals surface area contributed by atoms with Crippen molar-refractivity contribution in [3.8, 4) is 0 Å². The molecule has 2 N–H and O–H groups in total. The Balaban J connectivity index is 3.78. The van der Waals surface area contributed by atoms with Gasteiger partial charge in [0, 0.05) is 5.92 Å². The van der Waals surface area contributed by atoms with Crippen LogP contribution in [-0.2, 0) is 4.79 Å². The van der Waals surface area contributed by atoms with Crippen LogP contribution in [0.1, 0.15) is 97.8 Å². The van der Waals surface area contributed by atoms with Gasteiger partial charge in [0.15, 0.2) is 0 Å². The van der Waals surface area contributed by atoms with Crippen molar-refractivity contribution in [2.45, 2.75) is 97.8 Å². The van der Waals surface area contributed by atoms with Crippen LogP contribution >= 0.6 is 0 Å². The number of hydrogen-bond acceptors (Lipinski definition) is 1. The SMILES string of the molecule is CCCCC[C@H](CCCC[C@H](CC)CCCC)C(N)=O. The highest BCUT2D eigenvalue weighted by atomic mass is 16.1. The van der Waals surface area contributed by atoms with Crippen LogP contribution in [-0.4, -0.2) is 5.91 Å². The molecule has 2 atom stereocenters. The van der Waals surface area contributed by atoms with Gasteiger partial charge in [0.1, 0.15) is 0 Å². The molecule has 120 valence electrons. The minimum Gasteiger partial charge on any atom is -0.369 e. The quantitative estimate of drug-likeness (QED) is 0.423. The van der Waals surface area contributed by atoms with E-state index in [1.54, 1.807) is 0 Å². The molecule has 0 aromatic rings. The molecule has 0 unspecified atom stereocenters. The zero-order valence-corrected chi connectivity index (χ0v) is 14.1. The summed E-state index contributed by atoms with van der Waals surface area (Å²) in [5.74, 6) is 0.929. The van der Waals surface area contributed by atoms with Crippen molar-refractivity contribution in [1.29, 1.82) is 0 Å². The van der Waals surface area contributed by atoms with Gasteiger partial charge in [-0.2, -0.15) is 0 Å². The second-order valence-corrected chi connectivity index (χ2v) is 6.30. The third-order valence-corrected chi connectivity index (χ3v) is 4.52. The molecular weight excluding hydrogens is 246 g/mol. The van der Waals surface area contributed by atoms with Crippen molar-refractivity contribution in [2.75, 3.05) is 0 Å². The van der Waals surface area contributed by atoms with Crippen LogP contribution in [0.4, 0.5) is 0 Å². The number of unbranched alkanes of at least 4 members (excludes halogenated alkanes) is 4. The van der Waals surface area contributed by atoms with Crippen molar-refractivity contribution < 1.29 is 4.79 Å². The number of rotatable bonds is 14. The van der Waals surface area contributed by atoms with E-state index in [0.29, 0.717) is 0 Å². The lowest BCUT2D eigenvalue weighted by atomic mass is 9.90. The van der Waals surface area contributed by atoms with Gasteiger partial charge in [0.25, 0.3) is 0 Å². The van der Waals surface area contributed by atoms with E-state index in [2.05, 4.69) is 20.8 Å². The average Bonchev–Trinajstić information content (AvgIpc) is 2.44. The van der Waals surface area contributed by atoms with E-state index in [1.165, 1.54) is 57.8 Å². The average molecular weight is 283 g/mol. The smallest absolute Gasteiger partial charge is 0.220 e. The molecule has 2 nitrogen and oxygen atoms in total. The van der Waals surface area contributed by atoms with E-state index < -0.39 is 0 Å². The molecule has 0 saturated carbocycles. The minimum atomic E-state index is -0.0841. The molecule has 0 aliphatic carbocycles. The number of amides is 1. The van der Waals surface area contributed by atoms with Gasteiger partial charge in [-0.05, 0) is 18.8 Å². The van der Waals surface area contributed by atoms with Gasteiger partial charge < -0.3 is 5.73 Å². The van der Waals surface area contributed by atoms with Crippen LogP contribution in [0.15, 0.2) is 0 Å². The van der Waals surface area contributed by atoms with Gasteiger partial charge in [-0.25, -0.2) is 0 Å². The second-order valence-electron chi connectivity index (χ2n) is 6.30. The highest BCUT2D eigenvalue weighted by Gasteiger charge is 2.14. The van der Waals surface area contributed by atoms with E-state index in [9.17, 15) is 4.79 Å². The van der Waals surface area contributed by atoms with E-state index in [0.717, 1.165) is 25.2 Å². The zero-order valence-electron chi connectivity index (χ0n) is 14.1. The minimum absolute atomic E-state index is 0.0841. The lowest BCUT2D eigenvalue weighted by molar-refractivity contribution is -0.122. The monoisotopic (exact) mass is 283 g/mol. The summed E-state index contributed by atoms with van der Waals surface area (Å²) in [6.45, 7) is 6.76. The van der Waals surface area contributed by atoms with Crippen LogP contribution in [0.25, 0.3) is 0 Å². The van der Waals surface area contributed by atoms with Gasteiger partial charge in [-0.1, -0.05) is 85.0 Å². The van der Waals surface area contributed by atoms with E-state index >= 15 is 0 Å². The predicted molar refractivity (Wildman–Crippen MR) is 88.6 cm³/mol. The Kier molecular flexibility index (Phi) is 13.1. The lowest BCUT2D eigenvalue weighted by Gasteiger charge is -2.16. The molecule has 0 aliphatic heterocycles. The summed E-state index contributed by atoms with van der Waals surface area (Å²) < 4.78 is 0. The van der Waals surface area contributed by atoms with Crippen molar-refractivity contribution >= 4 is 5.91 Å². The van der Waals surface area contributed by atoms with Crippen LogP contribution < -0.4 is 5.73 Å². The molecule has 0 heterocycles. The first-order valence-electron chi connectivity index (χ1n) is 8.94. The molecule has 2 heteroatoms. The largest absolute Gasteiger partial charge is 0.369 e. The first kappa shape index (κ1) is 19.5. The van der Waals surface area contributed by atoms with Gasteiger partial charge in [0.2, 0.25) is 5.91 Å². The van der Waals surface area contributed by atoms with E-state index in [-0.39, 0.29) is 11.8 Å². The molecular formula is C18H37NO. The molecule has 0 saturated heterocycles. The fraction of sp³-hybridized carbons (Fsp3) is 0.944. The molecule has 0 fully saturated rings. The van der Waals surface area contributed by atoms with E-state index in [4.69, 9.17) is 5.73 Å². The maximum atomic E-state index is 11.4. The molecule has 0 aliphatic rings. The van der Waals surface area contributed by atoms with Crippen molar-refractivity contribution in [3.05, 3.63) is 0 Å². The van der Waals surface area contributed by atoms with E-state index in [1.807, 2.05) is 0 Å². The maximum absolute atomic E-state index is 11.4. The predicted octanol–water partition coefficient (Wildman–Crippen LogP) is 5.45. The second kappa shape index (κ2) is 13.5. The molecule has 1 amide bonds. The fourth-order valence-corrected chi connectivity index (χ4v) is 2.94. The highest BCUT2D eigenvalue weighted by Crippen LogP contribution is 2.22. The Hall–Kier alpha value is -0.530. The lowest BCUT2D eigenvalue weighted by Crippen LogP contribution is -2.23. The van der Waals surface area contributed by atoms with Gasteiger partial charge in [0.05, 0.1) is 0 Å². The molecule has 0 rings (SSSR count). The Bertz CT molecular complexity index is 227. The summed E-state index contributed by atoms with van der Waals surface area (Å²) in [7, 11) is 0. The summed E-state index contributed by atoms with van der Waals surface area (Å²) in [6.07, 6.45) is 14.7. The van der Waals surface area contributed by atoms with Crippen molar-refractivity contribution in [1.82, 2.24) is 0 Å². The Labute approximate surface area is 126 Å². The van der Waals surface area contributed by atoms with Crippen LogP contribution in [0, 0.1) is 11.8 Å². The first-order valence-corrected chi connectivity index (χ1v) is 8.94. The number of primary amides is 1. The molecule has 20 heavy (non-hydrogen) atoms. The van der Waals surface area contributed by atoms with Crippen molar-refractivity contribution in [2.24, 2.45) is 17.6 Å². The highest BCUT2D eigenvalue weighted by molar-refractivity contribution is 5.76. The third-order valence-electron chi connectivity index (χ3n) is 4.52. The van der Waals surface area contributed by atoms with Crippen LogP contribution in [0.5, 0.6) is 0 Å². The summed E-state index contributed by atoms with van der Waals surface area (Å²) in [4.78, 5) is 11.4. The summed E-state index contributed by atoms with van der Waals surface area (Å²) in [5, 5.41) is 0. The van der Waals surface area contributed by atoms with Gasteiger partial charge in [-0.15, -0.1) is 0 Å². The first-order chi connectivity index (χ1) is 9.65. The molecule has 0 bridgehead atoms. The van der Waals surface area contributed by atoms with Crippen LogP contribution in [0.2, 0.25) is 0 Å². The summed E-state index contributed by atoms with van der Waals surface area (Å²) in [5.41, 5.74) is 5.51. The Morgan fingerprint density at radius 2 is 1.30 bits per heavy atom. The molecule has 0 aromatic heterocycles.